The van der Waals surface area contributed by atoms with Crippen molar-refractivity contribution in [1.82, 2.24) is 4.98 Å². The molecular weight excluding hydrogens is 173 g/mol. The summed E-state index contributed by atoms with van der Waals surface area (Å²) in [6.45, 7) is 1.24. The molecule has 1 aromatic heterocycles. The summed E-state index contributed by atoms with van der Waals surface area (Å²) in [5, 5.41) is 12.2. The van der Waals surface area contributed by atoms with E-state index in [0.29, 0.717) is 0 Å². The summed E-state index contributed by atoms with van der Waals surface area (Å²) < 4.78 is 0. The topological polar surface area (TPSA) is 48.7 Å². The first-order valence-corrected chi connectivity index (χ1v) is 4.92. The second-order valence-electron chi connectivity index (χ2n) is 4.29. The van der Waals surface area contributed by atoms with Gasteiger partial charge in [-0.3, -0.25) is 4.98 Å². The molecule has 1 fully saturated rings. The molecule has 0 saturated carbocycles. The number of nitrogens with zero attached hydrogens (tertiary/aromatic N) is 2. The fourth-order valence-electron chi connectivity index (χ4n) is 2.70. The lowest BCUT2D eigenvalue weighted by Gasteiger charge is -2.40. The van der Waals surface area contributed by atoms with Gasteiger partial charge in [-0.05, 0) is 24.3 Å². The van der Waals surface area contributed by atoms with Crippen molar-refractivity contribution in [2.45, 2.75) is 18.1 Å². The first kappa shape index (κ1) is 7.87. The number of pyridine rings is 1. The minimum atomic E-state index is 0.249. The molecule has 2 aliphatic heterocycles. The Bertz CT molecular complexity index is 418. The van der Waals surface area contributed by atoms with E-state index in [1.54, 1.807) is 0 Å². The van der Waals surface area contributed by atoms with E-state index in [9.17, 15) is 0 Å². The van der Waals surface area contributed by atoms with Gasteiger partial charge in [-0.1, -0.05) is 0 Å². The van der Waals surface area contributed by atoms with Gasteiger partial charge in [-0.2, -0.15) is 0 Å². The van der Waals surface area contributed by atoms with Crippen LogP contribution < -0.4 is 5.32 Å². The van der Waals surface area contributed by atoms with E-state index in [-0.39, 0.29) is 12.1 Å². The maximum Gasteiger partial charge on any atom is 0.269 e. The van der Waals surface area contributed by atoms with Crippen molar-refractivity contribution in [3.63, 3.8) is 0 Å². The van der Waals surface area contributed by atoms with Crippen LogP contribution in [0.25, 0.3) is 0 Å². The molecule has 0 aromatic carbocycles. The Hall–Kier alpha value is -1.50. The van der Waals surface area contributed by atoms with Crippen molar-refractivity contribution in [2.24, 2.45) is 0 Å². The van der Waals surface area contributed by atoms with Crippen molar-refractivity contribution in [2.75, 3.05) is 11.9 Å². The zero-order chi connectivity index (χ0) is 9.60. The largest absolute Gasteiger partial charge is 0.383 e. The number of anilines is 1. The molecule has 0 amide bonds. The molecule has 0 aliphatic carbocycles. The summed E-state index contributed by atoms with van der Waals surface area (Å²) in [6, 6.07) is 2.09. The molecule has 14 heavy (non-hydrogen) atoms. The Morgan fingerprint density at radius 2 is 2.43 bits per heavy atom. The van der Waals surface area contributed by atoms with Crippen molar-refractivity contribution in [3.05, 3.63) is 24.0 Å². The summed E-state index contributed by atoms with van der Waals surface area (Å²) >= 11 is 0. The van der Waals surface area contributed by atoms with E-state index in [4.69, 9.17) is 5.26 Å². The molecule has 0 radical (unpaired) electrons. The third-order valence-corrected chi connectivity index (χ3v) is 3.47. The third-order valence-electron chi connectivity index (χ3n) is 3.47. The molecule has 3 rings (SSSR count). The van der Waals surface area contributed by atoms with Gasteiger partial charge in [0.1, 0.15) is 0 Å². The SMILES string of the molecule is N#CB1CC2(CNc3cnccc32)C1. The lowest BCUT2D eigenvalue weighted by atomic mass is 9.27. The summed E-state index contributed by atoms with van der Waals surface area (Å²) in [5.41, 5.74) is 2.77. The molecule has 68 valence electrons. The first-order valence-electron chi connectivity index (χ1n) is 4.92. The number of fused-ring (bicyclic) bond motifs is 2. The van der Waals surface area contributed by atoms with Gasteiger partial charge in [0.25, 0.3) is 6.71 Å². The molecule has 3 heterocycles. The number of hydrogen-bond donors (Lipinski definition) is 1. The van der Waals surface area contributed by atoms with E-state index in [1.807, 2.05) is 12.4 Å². The highest BCUT2D eigenvalue weighted by Crippen LogP contribution is 2.50. The van der Waals surface area contributed by atoms with E-state index in [0.717, 1.165) is 24.9 Å². The first-order chi connectivity index (χ1) is 6.84. The van der Waals surface area contributed by atoms with Crippen LogP contribution in [-0.2, 0) is 5.41 Å². The second-order valence-corrected chi connectivity index (χ2v) is 4.29. The second kappa shape index (κ2) is 2.51. The Balaban J connectivity index is 1.97. The zero-order valence-electron chi connectivity index (χ0n) is 7.83. The molecule has 0 atom stereocenters. The van der Waals surface area contributed by atoms with Crippen LogP contribution >= 0.6 is 0 Å². The van der Waals surface area contributed by atoms with Gasteiger partial charge in [0.2, 0.25) is 0 Å². The summed E-state index contributed by atoms with van der Waals surface area (Å²) in [7, 11) is 0. The van der Waals surface area contributed by atoms with Crippen molar-refractivity contribution in [1.29, 1.82) is 5.26 Å². The highest BCUT2D eigenvalue weighted by molar-refractivity contribution is 6.70. The lowest BCUT2D eigenvalue weighted by Crippen LogP contribution is -2.46. The number of nitriles is 1. The van der Waals surface area contributed by atoms with E-state index in [1.165, 1.54) is 5.56 Å². The van der Waals surface area contributed by atoms with Crippen LogP contribution in [0.4, 0.5) is 5.69 Å². The van der Waals surface area contributed by atoms with Crippen LogP contribution in [0.15, 0.2) is 18.5 Å². The minimum absolute atomic E-state index is 0.249. The molecule has 1 N–H and O–H groups in total. The van der Waals surface area contributed by atoms with Crippen LogP contribution in [0.3, 0.4) is 0 Å². The molecule has 1 saturated heterocycles. The van der Waals surface area contributed by atoms with Gasteiger partial charge in [0, 0.05) is 24.1 Å². The zero-order valence-corrected chi connectivity index (χ0v) is 7.83. The predicted molar refractivity (Wildman–Crippen MR) is 55.4 cm³/mol. The number of hydrogen-bond acceptors (Lipinski definition) is 3. The average molecular weight is 183 g/mol. The monoisotopic (exact) mass is 183 g/mol. The van der Waals surface area contributed by atoms with Gasteiger partial charge in [-0.25, -0.2) is 5.26 Å². The van der Waals surface area contributed by atoms with E-state index < -0.39 is 0 Å². The maximum atomic E-state index is 8.79. The molecule has 0 unspecified atom stereocenters. The maximum absolute atomic E-state index is 8.79. The molecule has 1 spiro atoms. The van der Waals surface area contributed by atoms with Gasteiger partial charge in [0.05, 0.1) is 11.9 Å². The van der Waals surface area contributed by atoms with Crippen LogP contribution in [-0.4, -0.2) is 18.2 Å². The Morgan fingerprint density at radius 3 is 3.21 bits per heavy atom. The van der Waals surface area contributed by atoms with Crippen LogP contribution in [0, 0.1) is 11.2 Å². The fraction of sp³-hybridized carbons (Fsp3) is 0.400. The van der Waals surface area contributed by atoms with Gasteiger partial charge in [-0.15, -0.1) is 0 Å². The van der Waals surface area contributed by atoms with E-state index >= 15 is 0 Å². The number of aromatic nitrogens is 1. The van der Waals surface area contributed by atoms with Gasteiger partial charge < -0.3 is 5.32 Å². The molecule has 4 heteroatoms. The van der Waals surface area contributed by atoms with E-state index in [2.05, 4.69) is 22.3 Å². The van der Waals surface area contributed by atoms with Crippen molar-refractivity contribution >= 4 is 12.4 Å². The molecule has 2 aliphatic rings. The Morgan fingerprint density at radius 1 is 1.57 bits per heavy atom. The average Bonchev–Trinajstić information content (AvgIpc) is 2.55. The summed E-state index contributed by atoms with van der Waals surface area (Å²) in [5.74, 6) is 2.34. The highest BCUT2D eigenvalue weighted by Gasteiger charge is 2.51. The smallest absolute Gasteiger partial charge is 0.269 e. The van der Waals surface area contributed by atoms with Gasteiger partial charge in [0.15, 0.2) is 0 Å². The fourth-order valence-corrected chi connectivity index (χ4v) is 2.70. The molecular formula is C10H10BN3. The van der Waals surface area contributed by atoms with Gasteiger partial charge >= 0.3 is 0 Å². The van der Waals surface area contributed by atoms with Crippen LogP contribution in [0.5, 0.6) is 0 Å². The molecule has 1 aromatic rings. The third kappa shape index (κ3) is 0.845. The van der Waals surface area contributed by atoms with Crippen LogP contribution in [0.1, 0.15) is 5.56 Å². The lowest BCUT2D eigenvalue weighted by molar-refractivity contribution is 0.525. The predicted octanol–water partition coefficient (Wildman–Crippen LogP) is 1.32. The van der Waals surface area contributed by atoms with Crippen molar-refractivity contribution in [3.8, 4) is 5.97 Å². The summed E-state index contributed by atoms with van der Waals surface area (Å²) in [4.78, 5) is 4.09. The summed E-state index contributed by atoms with van der Waals surface area (Å²) in [6.07, 6.45) is 5.73. The Labute approximate surface area is 83.2 Å². The quantitative estimate of drug-likeness (QED) is 0.617. The van der Waals surface area contributed by atoms with Crippen molar-refractivity contribution < 1.29 is 0 Å². The molecule has 3 nitrogen and oxygen atoms in total. The minimum Gasteiger partial charge on any atom is -0.383 e. The Kier molecular flexibility index (Phi) is 1.41. The highest BCUT2D eigenvalue weighted by atomic mass is 15.0. The number of nitrogens with one attached hydrogen (secondary N) is 1. The van der Waals surface area contributed by atoms with Crippen LogP contribution in [0.2, 0.25) is 12.6 Å². The normalized spacial score (nSPS) is 20.9. The molecule has 0 bridgehead atoms. The number of rotatable bonds is 0. The standard InChI is InChI=1S/C10H10BN3/c12-7-11-4-10(5-11)6-14-9-3-13-2-1-8(9)10/h1-3,14H,4-6H2.